The van der Waals surface area contributed by atoms with Crippen LogP contribution in [0.3, 0.4) is 0 Å². The van der Waals surface area contributed by atoms with Gasteiger partial charge in [-0.3, -0.25) is 4.98 Å². The van der Waals surface area contributed by atoms with E-state index in [9.17, 15) is 0 Å². The summed E-state index contributed by atoms with van der Waals surface area (Å²) in [5.41, 5.74) is 8.45. The summed E-state index contributed by atoms with van der Waals surface area (Å²) in [4.78, 5) is 4.20. The van der Waals surface area contributed by atoms with Crippen molar-refractivity contribution in [2.75, 3.05) is 5.73 Å². The Balaban J connectivity index is 2.49. The number of nitrogens with two attached hydrogens (primary N) is 1. The summed E-state index contributed by atoms with van der Waals surface area (Å²) in [5, 5.41) is 9.91. The Kier molecular flexibility index (Phi) is 3.52. The molecule has 17 heavy (non-hydrogen) atoms. The van der Waals surface area contributed by atoms with Crippen LogP contribution in [-0.4, -0.2) is 10.1 Å². The van der Waals surface area contributed by atoms with E-state index in [4.69, 9.17) is 34.0 Å². The monoisotopic (exact) mass is 268 g/mol. The maximum atomic E-state index is 8.97. The second kappa shape index (κ2) is 4.92. The van der Waals surface area contributed by atoms with Crippen molar-refractivity contribution in [1.29, 1.82) is 0 Å². The lowest BCUT2D eigenvalue weighted by Crippen LogP contribution is -1.96. The van der Waals surface area contributed by atoms with Gasteiger partial charge in [0.15, 0.2) is 0 Å². The van der Waals surface area contributed by atoms with Crippen LogP contribution < -0.4 is 5.73 Å². The van der Waals surface area contributed by atoms with Crippen molar-refractivity contribution < 1.29 is 5.11 Å². The molecule has 0 aliphatic rings. The minimum Gasteiger partial charge on any atom is -0.397 e. The smallest absolute Gasteiger partial charge is 0.0931 e. The molecule has 3 N–H and O–H groups in total. The first-order valence-electron chi connectivity index (χ1n) is 4.92. The highest BCUT2D eigenvalue weighted by Gasteiger charge is 2.07. The molecule has 0 aliphatic carbocycles. The Morgan fingerprint density at radius 3 is 2.53 bits per heavy atom. The number of nitrogen functional groups attached to an aromatic ring is 1. The fraction of sp³-hybridized carbons (Fsp3) is 0.0833. The standard InChI is InChI=1S/C12H10Cl2N2O/c13-9-2-1-8(4-10(9)14)12-11(15)3-7(6-17)5-16-12/h1-5,17H,6,15H2. The van der Waals surface area contributed by atoms with E-state index >= 15 is 0 Å². The minimum absolute atomic E-state index is 0.0845. The van der Waals surface area contributed by atoms with Crippen molar-refractivity contribution in [2.24, 2.45) is 0 Å². The maximum absolute atomic E-state index is 8.97. The molecule has 0 radical (unpaired) electrons. The molecule has 5 heteroatoms. The average molecular weight is 269 g/mol. The first kappa shape index (κ1) is 12.2. The van der Waals surface area contributed by atoms with Gasteiger partial charge >= 0.3 is 0 Å². The summed E-state index contributed by atoms with van der Waals surface area (Å²) < 4.78 is 0. The van der Waals surface area contributed by atoms with Gasteiger partial charge in [-0.2, -0.15) is 0 Å². The maximum Gasteiger partial charge on any atom is 0.0931 e. The highest BCUT2D eigenvalue weighted by atomic mass is 35.5. The SMILES string of the molecule is Nc1cc(CO)cnc1-c1ccc(Cl)c(Cl)c1. The lowest BCUT2D eigenvalue weighted by molar-refractivity contribution is 0.281. The van der Waals surface area contributed by atoms with E-state index in [1.54, 1.807) is 30.5 Å². The van der Waals surface area contributed by atoms with Crippen molar-refractivity contribution in [3.8, 4) is 11.3 Å². The molecule has 0 saturated heterocycles. The molecule has 0 bridgehead atoms. The van der Waals surface area contributed by atoms with Crippen molar-refractivity contribution in [1.82, 2.24) is 4.98 Å². The number of rotatable bonds is 2. The molecule has 2 rings (SSSR count). The number of hydrogen-bond donors (Lipinski definition) is 2. The van der Waals surface area contributed by atoms with Gasteiger partial charge in [0.05, 0.1) is 28.0 Å². The zero-order valence-electron chi connectivity index (χ0n) is 8.82. The van der Waals surface area contributed by atoms with Crippen LogP contribution in [0.2, 0.25) is 10.0 Å². The van der Waals surface area contributed by atoms with Crippen LogP contribution in [0.15, 0.2) is 30.5 Å². The van der Waals surface area contributed by atoms with Crippen LogP contribution in [0.5, 0.6) is 0 Å². The summed E-state index contributed by atoms with van der Waals surface area (Å²) in [6, 6.07) is 6.89. The highest BCUT2D eigenvalue weighted by molar-refractivity contribution is 6.42. The fourth-order valence-electron chi connectivity index (χ4n) is 1.50. The van der Waals surface area contributed by atoms with Crippen LogP contribution >= 0.6 is 23.2 Å². The first-order valence-corrected chi connectivity index (χ1v) is 5.68. The van der Waals surface area contributed by atoms with Gasteiger partial charge in [0.1, 0.15) is 0 Å². The van der Waals surface area contributed by atoms with Gasteiger partial charge in [0, 0.05) is 11.8 Å². The van der Waals surface area contributed by atoms with E-state index < -0.39 is 0 Å². The molecule has 0 aliphatic heterocycles. The van der Waals surface area contributed by atoms with E-state index in [2.05, 4.69) is 4.98 Å². The van der Waals surface area contributed by atoms with Crippen LogP contribution in [0, 0.1) is 0 Å². The van der Waals surface area contributed by atoms with Crippen LogP contribution in [0.4, 0.5) is 5.69 Å². The lowest BCUT2D eigenvalue weighted by atomic mass is 10.1. The van der Waals surface area contributed by atoms with Gasteiger partial charge in [-0.15, -0.1) is 0 Å². The predicted molar refractivity (Wildman–Crippen MR) is 70.0 cm³/mol. The zero-order valence-corrected chi connectivity index (χ0v) is 10.3. The minimum atomic E-state index is -0.0845. The van der Waals surface area contributed by atoms with Crippen LogP contribution in [0.1, 0.15) is 5.56 Å². The van der Waals surface area contributed by atoms with Gasteiger partial charge in [0.2, 0.25) is 0 Å². The number of aromatic nitrogens is 1. The number of nitrogens with zero attached hydrogens (tertiary/aromatic N) is 1. The Morgan fingerprint density at radius 1 is 1.18 bits per heavy atom. The number of aliphatic hydroxyl groups excluding tert-OH is 1. The second-order valence-corrected chi connectivity index (χ2v) is 4.38. The molecule has 0 spiro atoms. The molecule has 0 saturated carbocycles. The molecule has 0 amide bonds. The van der Waals surface area contributed by atoms with Gasteiger partial charge in [-0.1, -0.05) is 29.3 Å². The average Bonchev–Trinajstić information content (AvgIpc) is 2.32. The van der Waals surface area contributed by atoms with E-state index in [1.165, 1.54) is 0 Å². The molecule has 1 heterocycles. The molecular weight excluding hydrogens is 259 g/mol. The van der Waals surface area contributed by atoms with E-state index in [-0.39, 0.29) is 6.61 Å². The molecule has 2 aromatic rings. The third-order valence-electron chi connectivity index (χ3n) is 2.35. The molecule has 0 fully saturated rings. The highest BCUT2D eigenvalue weighted by Crippen LogP contribution is 2.30. The lowest BCUT2D eigenvalue weighted by Gasteiger charge is -2.07. The summed E-state index contributed by atoms with van der Waals surface area (Å²) in [7, 11) is 0. The number of anilines is 1. The molecule has 1 aromatic heterocycles. The second-order valence-electron chi connectivity index (χ2n) is 3.57. The Hall–Kier alpha value is -1.29. The summed E-state index contributed by atoms with van der Waals surface area (Å²) in [6.07, 6.45) is 1.58. The Morgan fingerprint density at radius 2 is 1.94 bits per heavy atom. The van der Waals surface area contributed by atoms with Crippen molar-refractivity contribution in [2.45, 2.75) is 6.61 Å². The van der Waals surface area contributed by atoms with E-state index in [0.29, 0.717) is 27.0 Å². The quantitative estimate of drug-likeness (QED) is 0.880. The number of benzene rings is 1. The Bertz CT molecular complexity index is 558. The fourth-order valence-corrected chi connectivity index (χ4v) is 1.80. The van der Waals surface area contributed by atoms with Gasteiger partial charge in [0.25, 0.3) is 0 Å². The first-order chi connectivity index (χ1) is 8.11. The molecule has 0 unspecified atom stereocenters. The largest absolute Gasteiger partial charge is 0.397 e. The molecule has 1 aromatic carbocycles. The normalized spacial score (nSPS) is 10.5. The van der Waals surface area contributed by atoms with Gasteiger partial charge in [-0.25, -0.2) is 0 Å². The predicted octanol–water partition coefficient (Wildman–Crippen LogP) is 3.13. The van der Waals surface area contributed by atoms with Crippen molar-refractivity contribution in [3.63, 3.8) is 0 Å². The number of hydrogen-bond acceptors (Lipinski definition) is 3. The third-order valence-corrected chi connectivity index (χ3v) is 3.09. The molecule has 3 nitrogen and oxygen atoms in total. The molecule has 88 valence electrons. The van der Waals surface area contributed by atoms with Gasteiger partial charge in [-0.05, 0) is 23.8 Å². The third kappa shape index (κ3) is 2.52. The number of halogens is 2. The van der Waals surface area contributed by atoms with Gasteiger partial charge < -0.3 is 10.8 Å². The summed E-state index contributed by atoms with van der Waals surface area (Å²) >= 11 is 11.8. The van der Waals surface area contributed by atoms with Crippen LogP contribution in [0.25, 0.3) is 11.3 Å². The summed E-state index contributed by atoms with van der Waals surface area (Å²) in [5.74, 6) is 0. The van der Waals surface area contributed by atoms with E-state index in [1.807, 2.05) is 0 Å². The Labute approximate surface area is 109 Å². The van der Waals surface area contributed by atoms with Crippen molar-refractivity contribution in [3.05, 3.63) is 46.1 Å². The summed E-state index contributed by atoms with van der Waals surface area (Å²) in [6.45, 7) is -0.0845. The van der Waals surface area contributed by atoms with E-state index in [0.717, 1.165) is 5.56 Å². The van der Waals surface area contributed by atoms with Crippen molar-refractivity contribution >= 4 is 28.9 Å². The van der Waals surface area contributed by atoms with Crippen LogP contribution in [-0.2, 0) is 6.61 Å². The topological polar surface area (TPSA) is 59.1 Å². The number of pyridine rings is 1. The number of aliphatic hydroxyl groups is 1. The molecular formula is C12H10Cl2N2O. The zero-order chi connectivity index (χ0) is 12.4. The molecule has 0 atom stereocenters.